The second kappa shape index (κ2) is 14.7. The molecule has 5 nitrogen and oxygen atoms in total. The number of ketones is 2. The Labute approximate surface area is 170 Å². The topological polar surface area (TPSA) is 94.8 Å². The lowest BCUT2D eigenvalue weighted by Gasteiger charge is -2.19. The van der Waals surface area contributed by atoms with E-state index in [1.165, 1.54) is 25.3 Å². The van der Waals surface area contributed by atoms with E-state index in [1.807, 2.05) is 0 Å². The second-order valence-corrected chi connectivity index (χ2v) is 8.26. The molecule has 3 N–H and O–H groups in total. The molecule has 0 heterocycles. The molecule has 0 aromatic rings. The van der Waals surface area contributed by atoms with Crippen LogP contribution in [0.5, 0.6) is 0 Å². The molecule has 0 bridgehead atoms. The Balaban J connectivity index is 2.22. The van der Waals surface area contributed by atoms with E-state index in [-0.39, 0.29) is 17.8 Å². The minimum Gasteiger partial charge on any atom is -0.505 e. The van der Waals surface area contributed by atoms with Crippen molar-refractivity contribution in [1.82, 2.24) is 0 Å². The lowest BCUT2D eigenvalue weighted by Crippen LogP contribution is -2.16. The van der Waals surface area contributed by atoms with Crippen LogP contribution >= 0.6 is 0 Å². The van der Waals surface area contributed by atoms with Crippen LogP contribution in [0.3, 0.4) is 0 Å². The number of hydrogen-bond acceptors (Lipinski definition) is 5. The molecular weight excluding hydrogens is 356 g/mol. The molecule has 1 aliphatic carbocycles. The van der Waals surface area contributed by atoms with Gasteiger partial charge in [-0.1, -0.05) is 45.4 Å². The minimum absolute atomic E-state index is 0.137. The first kappa shape index (κ1) is 24.8. The molecule has 1 saturated carbocycles. The normalized spacial score (nSPS) is 21.2. The third-order valence-corrected chi connectivity index (χ3v) is 5.98. The molecule has 1 aliphatic rings. The molecule has 162 valence electrons. The van der Waals surface area contributed by atoms with E-state index in [1.54, 1.807) is 0 Å². The molecule has 0 spiro atoms. The van der Waals surface area contributed by atoms with Crippen LogP contribution in [0.2, 0.25) is 0 Å². The summed E-state index contributed by atoms with van der Waals surface area (Å²) in [6, 6.07) is 0. The van der Waals surface area contributed by atoms with Crippen molar-refractivity contribution in [2.24, 2.45) is 11.8 Å². The van der Waals surface area contributed by atoms with Crippen LogP contribution in [-0.4, -0.2) is 39.6 Å². The first-order chi connectivity index (χ1) is 13.5. The lowest BCUT2D eigenvalue weighted by molar-refractivity contribution is -0.121. The Bertz CT molecular complexity index is 485. The number of aliphatic hydroxyl groups is 3. The van der Waals surface area contributed by atoms with Crippen LogP contribution in [-0.2, 0) is 9.59 Å². The molecule has 0 aromatic carbocycles. The standard InChI is InChI=1S/C23H40O5/c1-2-3-4-6-11-19(25)12-9-10-18-15-16-21(26)20(18)13-7-5-8-14-22(27)23(28)17-24/h14,18-20,24-25,27H,2-13,15-17H2,1H3/t18-,19?,20+/m0/s1. The first-order valence-corrected chi connectivity index (χ1v) is 11.2. The zero-order chi connectivity index (χ0) is 20.8. The molecule has 1 unspecified atom stereocenters. The summed E-state index contributed by atoms with van der Waals surface area (Å²) in [5, 5.41) is 28.2. The van der Waals surface area contributed by atoms with Gasteiger partial charge < -0.3 is 15.3 Å². The van der Waals surface area contributed by atoms with Gasteiger partial charge >= 0.3 is 0 Å². The Kier molecular flexibility index (Phi) is 13.1. The first-order valence-electron chi connectivity index (χ1n) is 11.2. The van der Waals surface area contributed by atoms with Gasteiger partial charge in [0.25, 0.3) is 0 Å². The predicted octanol–water partition coefficient (Wildman–Crippen LogP) is 4.65. The maximum atomic E-state index is 12.2. The van der Waals surface area contributed by atoms with Crippen molar-refractivity contribution >= 4 is 11.6 Å². The Morgan fingerprint density at radius 3 is 2.57 bits per heavy atom. The van der Waals surface area contributed by atoms with Crippen molar-refractivity contribution in [2.45, 2.75) is 103 Å². The molecule has 0 amide bonds. The number of aliphatic hydroxyl groups excluding tert-OH is 3. The maximum absolute atomic E-state index is 12.2. The van der Waals surface area contributed by atoms with Crippen molar-refractivity contribution in [3.8, 4) is 0 Å². The third kappa shape index (κ3) is 9.83. The van der Waals surface area contributed by atoms with Crippen LogP contribution in [0.15, 0.2) is 11.8 Å². The van der Waals surface area contributed by atoms with Gasteiger partial charge in [-0.15, -0.1) is 0 Å². The van der Waals surface area contributed by atoms with E-state index in [4.69, 9.17) is 5.11 Å². The van der Waals surface area contributed by atoms with Crippen molar-refractivity contribution in [2.75, 3.05) is 6.61 Å². The van der Waals surface area contributed by atoms with E-state index in [2.05, 4.69) is 6.92 Å². The summed E-state index contributed by atoms with van der Waals surface area (Å²) in [5.74, 6) is -0.0684. The van der Waals surface area contributed by atoms with E-state index >= 15 is 0 Å². The molecule has 0 saturated heterocycles. The fraction of sp³-hybridized carbons (Fsp3) is 0.826. The van der Waals surface area contributed by atoms with Gasteiger partial charge in [0.1, 0.15) is 12.4 Å². The molecule has 0 aliphatic heterocycles. The summed E-state index contributed by atoms with van der Waals surface area (Å²) < 4.78 is 0. The molecule has 28 heavy (non-hydrogen) atoms. The van der Waals surface area contributed by atoms with Gasteiger partial charge in [0, 0.05) is 12.3 Å². The van der Waals surface area contributed by atoms with Gasteiger partial charge in [-0.2, -0.15) is 0 Å². The maximum Gasteiger partial charge on any atom is 0.221 e. The highest BCUT2D eigenvalue weighted by Gasteiger charge is 2.33. The van der Waals surface area contributed by atoms with E-state index in [0.717, 1.165) is 57.8 Å². The van der Waals surface area contributed by atoms with Gasteiger partial charge in [-0.05, 0) is 56.9 Å². The summed E-state index contributed by atoms with van der Waals surface area (Å²) in [6.45, 7) is 1.52. The smallest absolute Gasteiger partial charge is 0.221 e. The van der Waals surface area contributed by atoms with Crippen molar-refractivity contribution < 1.29 is 24.9 Å². The summed E-state index contributed by atoms with van der Waals surface area (Å²) >= 11 is 0. The monoisotopic (exact) mass is 396 g/mol. The summed E-state index contributed by atoms with van der Waals surface area (Å²) in [7, 11) is 0. The number of Topliss-reactive ketones (excluding diaryl/α,β-unsaturated/α-hetero) is 2. The Hall–Kier alpha value is -1.20. The highest BCUT2D eigenvalue weighted by atomic mass is 16.3. The van der Waals surface area contributed by atoms with Crippen molar-refractivity contribution in [1.29, 1.82) is 0 Å². The van der Waals surface area contributed by atoms with Crippen molar-refractivity contribution in [3.05, 3.63) is 11.8 Å². The number of carbonyl (C=O) groups excluding carboxylic acids is 2. The molecule has 3 atom stereocenters. The number of rotatable bonds is 16. The largest absolute Gasteiger partial charge is 0.505 e. The van der Waals surface area contributed by atoms with Gasteiger partial charge in [0.2, 0.25) is 5.78 Å². The van der Waals surface area contributed by atoms with Crippen LogP contribution in [0.4, 0.5) is 0 Å². The molecule has 0 radical (unpaired) electrons. The number of carbonyl (C=O) groups is 2. The van der Waals surface area contributed by atoms with E-state index in [9.17, 15) is 19.8 Å². The second-order valence-electron chi connectivity index (χ2n) is 8.26. The number of unbranched alkanes of at least 4 members (excludes halogenated alkanes) is 5. The Morgan fingerprint density at radius 1 is 1.11 bits per heavy atom. The fourth-order valence-electron chi connectivity index (χ4n) is 4.23. The minimum atomic E-state index is -0.673. The van der Waals surface area contributed by atoms with Crippen LogP contribution in [0.25, 0.3) is 0 Å². The number of hydrogen-bond donors (Lipinski definition) is 3. The zero-order valence-electron chi connectivity index (χ0n) is 17.6. The molecule has 0 aromatic heterocycles. The summed E-state index contributed by atoms with van der Waals surface area (Å²) in [6.07, 6.45) is 14.6. The van der Waals surface area contributed by atoms with E-state index in [0.29, 0.717) is 24.5 Å². The molecule has 1 fully saturated rings. The van der Waals surface area contributed by atoms with Crippen LogP contribution < -0.4 is 0 Å². The highest BCUT2D eigenvalue weighted by molar-refractivity contribution is 5.93. The molecular formula is C23H40O5. The SMILES string of the molecule is CCCCCCC(O)CCC[C@H]1CCC(=O)[C@@H]1CCCCC=C(O)C(=O)CO. The van der Waals surface area contributed by atoms with Gasteiger partial charge in [-0.3, -0.25) is 9.59 Å². The van der Waals surface area contributed by atoms with Gasteiger partial charge in [0.05, 0.1) is 6.10 Å². The average molecular weight is 397 g/mol. The Morgan fingerprint density at radius 2 is 1.86 bits per heavy atom. The predicted molar refractivity (Wildman–Crippen MR) is 111 cm³/mol. The summed E-state index contributed by atoms with van der Waals surface area (Å²) in [5.41, 5.74) is 0. The van der Waals surface area contributed by atoms with Crippen LogP contribution in [0, 0.1) is 11.8 Å². The summed E-state index contributed by atoms with van der Waals surface area (Å²) in [4.78, 5) is 23.3. The zero-order valence-corrected chi connectivity index (χ0v) is 17.6. The highest BCUT2D eigenvalue weighted by Crippen LogP contribution is 2.36. The lowest BCUT2D eigenvalue weighted by atomic mass is 9.86. The van der Waals surface area contributed by atoms with E-state index < -0.39 is 12.4 Å². The average Bonchev–Trinajstić information content (AvgIpc) is 3.04. The van der Waals surface area contributed by atoms with Gasteiger partial charge in [-0.25, -0.2) is 0 Å². The molecule has 1 rings (SSSR count). The third-order valence-electron chi connectivity index (χ3n) is 5.98. The van der Waals surface area contributed by atoms with Crippen LogP contribution in [0.1, 0.15) is 96.8 Å². The van der Waals surface area contributed by atoms with Gasteiger partial charge in [0.15, 0.2) is 5.76 Å². The molecule has 5 heteroatoms. The van der Waals surface area contributed by atoms with Crippen molar-refractivity contribution in [3.63, 3.8) is 0 Å². The number of allylic oxidation sites excluding steroid dienone is 1. The quantitative estimate of drug-likeness (QED) is 0.201. The fourth-order valence-corrected chi connectivity index (χ4v) is 4.23.